The molecule has 0 unspecified atom stereocenters. The molecule has 3 N–H and O–H groups in total. The number of hydrogen-bond donors (Lipinski definition) is 2. The highest BCUT2D eigenvalue weighted by Crippen LogP contribution is 2.08. The summed E-state index contributed by atoms with van der Waals surface area (Å²) in [5.41, 5.74) is 4.39. The Balaban J connectivity index is 2.76. The Morgan fingerprint density at radius 2 is 2.00 bits per heavy atom. The van der Waals surface area contributed by atoms with Gasteiger partial charge < -0.3 is 10.3 Å². The maximum atomic E-state index is 6.62. The molecule has 0 saturated carbocycles. The topological polar surface area (TPSA) is 42.4 Å². The molecule has 0 fully saturated rings. The minimum atomic E-state index is 0.435. The Bertz CT molecular complexity index is 258. The van der Waals surface area contributed by atoms with Gasteiger partial charge in [0, 0.05) is 11.3 Å². The molecule has 0 aromatic heterocycles. The molecular formula is C8H9N3. The molecule has 0 bridgehead atoms. The van der Waals surface area contributed by atoms with Crippen molar-refractivity contribution in [3.8, 4) is 0 Å². The number of nitrogens with two attached hydrogens (primary N) is 1. The minimum Gasteiger partial charge on any atom is -0.324 e. The van der Waals surface area contributed by atoms with Crippen molar-refractivity contribution in [1.29, 1.82) is 0 Å². The summed E-state index contributed by atoms with van der Waals surface area (Å²) in [6.45, 7) is 7.06. The standard InChI is InChI=1S/C8H9N3/c1-10-6-7-2-4-8(11-9)5-3-7/h2-5,11H,6,9H2. The third-order valence-corrected chi connectivity index (χ3v) is 1.38. The van der Waals surface area contributed by atoms with E-state index in [0.717, 1.165) is 11.3 Å². The lowest BCUT2D eigenvalue weighted by Crippen LogP contribution is -2.06. The van der Waals surface area contributed by atoms with Gasteiger partial charge in [0.15, 0.2) is 0 Å². The van der Waals surface area contributed by atoms with Gasteiger partial charge in [0.2, 0.25) is 6.54 Å². The first-order valence-electron chi connectivity index (χ1n) is 3.25. The molecule has 0 spiro atoms. The molecule has 0 saturated heterocycles. The van der Waals surface area contributed by atoms with E-state index in [4.69, 9.17) is 12.4 Å². The molecule has 0 amide bonds. The summed E-state index contributed by atoms with van der Waals surface area (Å²) < 4.78 is 0. The van der Waals surface area contributed by atoms with Gasteiger partial charge in [0.1, 0.15) is 0 Å². The predicted octanol–water partition coefficient (Wildman–Crippen LogP) is 1.39. The first kappa shape index (κ1) is 7.58. The lowest BCUT2D eigenvalue weighted by molar-refractivity contribution is 1.25. The van der Waals surface area contributed by atoms with Crippen molar-refractivity contribution < 1.29 is 0 Å². The normalized spacial score (nSPS) is 8.73. The van der Waals surface area contributed by atoms with Crippen molar-refractivity contribution >= 4 is 5.69 Å². The van der Waals surface area contributed by atoms with E-state index < -0.39 is 0 Å². The third kappa shape index (κ3) is 1.95. The van der Waals surface area contributed by atoms with Crippen LogP contribution in [-0.4, -0.2) is 0 Å². The van der Waals surface area contributed by atoms with Crippen molar-refractivity contribution in [2.24, 2.45) is 5.84 Å². The molecule has 0 aliphatic heterocycles. The molecule has 0 aliphatic carbocycles. The van der Waals surface area contributed by atoms with Crippen LogP contribution in [0.5, 0.6) is 0 Å². The van der Waals surface area contributed by atoms with Crippen molar-refractivity contribution in [3.63, 3.8) is 0 Å². The summed E-state index contributed by atoms with van der Waals surface area (Å²) in [6.07, 6.45) is 0. The highest BCUT2D eigenvalue weighted by molar-refractivity contribution is 5.43. The molecule has 1 rings (SSSR count). The molecular weight excluding hydrogens is 138 g/mol. The molecule has 0 radical (unpaired) electrons. The molecule has 1 aromatic carbocycles. The molecule has 3 nitrogen and oxygen atoms in total. The summed E-state index contributed by atoms with van der Waals surface area (Å²) >= 11 is 0. The Morgan fingerprint density at radius 1 is 1.36 bits per heavy atom. The number of hydrazine groups is 1. The van der Waals surface area contributed by atoms with E-state index in [1.54, 1.807) is 0 Å². The predicted molar refractivity (Wildman–Crippen MR) is 44.6 cm³/mol. The molecule has 0 heterocycles. The summed E-state index contributed by atoms with van der Waals surface area (Å²) in [5.74, 6) is 5.16. The smallest absolute Gasteiger partial charge is 0.239 e. The number of nitrogen functional groups attached to an aromatic ring is 1. The SMILES string of the molecule is [C-]#[N+]Cc1ccc(NN)cc1. The second-order valence-corrected chi connectivity index (χ2v) is 2.16. The largest absolute Gasteiger partial charge is 0.324 e. The summed E-state index contributed by atoms with van der Waals surface area (Å²) in [6, 6.07) is 7.46. The van der Waals surface area contributed by atoms with E-state index in [-0.39, 0.29) is 0 Å². The van der Waals surface area contributed by atoms with Gasteiger partial charge in [-0.1, -0.05) is 0 Å². The second kappa shape index (κ2) is 3.59. The van der Waals surface area contributed by atoms with E-state index in [1.165, 1.54) is 0 Å². The molecule has 1 aromatic rings. The van der Waals surface area contributed by atoms with Crippen LogP contribution in [0.2, 0.25) is 0 Å². The number of rotatable bonds is 2. The van der Waals surface area contributed by atoms with E-state index in [0.29, 0.717) is 6.54 Å². The van der Waals surface area contributed by atoms with Crippen molar-refractivity contribution in [3.05, 3.63) is 41.2 Å². The van der Waals surface area contributed by atoms with Crippen LogP contribution in [0.15, 0.2) is 24.3 Å². The zero-order valence-corrected chi connectivity index (χ0v) is 6.04. The fourth-order valence-electron chi connectivity index (χ4n) is 0.798. The molecule has 0 atom stereocenters. The Kier molecular flexibility index (Phi) is 2.47. The van der Waals surface area contributed by atoms with Crippen molar-refractivity contribution in [2.45, 2.75) is 6.54 Å². The van der Waals surface area contributed by atoms with Crippen LogP contribution >= 0.6 is 0 Å². The quantitative estimate of drug-likeness (QED) is 0.377. The van der Waals surface area contributed by atoms with Crippen LogP contribution in [0.1, 0.15) is 5.56 Å². The average Bonchev–Trinajstić information content (AvgIpc) is 2.07. The Morgan fingerprint density at radius 3 is 2.45 bits per heavy atom. The fraction of sp³-hybridized carbons (Fsp3) is 0.125. The third-order valence-electron chi connectivity index (χ3n) is 1.38. The Hall–Kier alpha value is -1.53. The number of hydrogen-bond acceptors (Lipinski definition) is 2. The van der Waals surface area contributed by atoms with Crippen LogP contribution in [0, 0.1) is 6.57 Å². The first-order valence-corrected chi connectivity index (χ1v) is 3.25. The first-order chi connectivity index (χ1) is 5.36. The number of nitrogens with one attached hydrogen (secondary N) is 1. The van der Waals surface area contributed by atoms with Crippen LogP contribution in [0.4, 0.5) is 5.69 Å². The molecule has 3 heteroatoms. The van der Waals surface area contributed by atoms with Crippen LogP contribution in [0.25, 0.3) is 4.85 Å². The number of benzene rings is 1. The van der Waals surface area contributed by atoms with Crippen molar-refractivity contribution in [1.82, 2.24) is 0 Å². The highest BCUT2D eigenvalue weighted by Gasteiger charge is 1.93. The fourth-order valence-corrected chi connectivity index (χ4v) is 0.798. The van der Waals surface area contributed by atoms with Gasteiger partial charge >= 0.3 is 0 Å². The summed E-state index contributed by atoms with van der Waals surface area (Å²) in [4.78, 5) is 3.26. The maximum absolute atomic E-state index is 6.62. The van der Waals surface area contributed by atoms with Gasteiger partial charge in [0.25, 0.3) is 0 Å². The van der Waals surface area contributed by atoms with Crippen LogP contribution in [0.3, 0.4) is 0 Å². The van der Waals surface area contributed by atoms with Crippen LogP contribution < -0.4 is 11.3 Å². The van der Waals surface area contributed by atoms with Gasteiger partial charge in [-0.05, 0) is 24.3 Å². The lowest BCUT2D eigenvalue weighted by Gasteiger charge is -1.97. The van der Waals surface area contributed by atoms with Gasteiger partial charge in [-0.25, -0.2) is 6.57 Å². The zero-order valence-electron chi connectivity index (χ0n) is 6.04. The second-order valence-electron chi connectivity index (χ2n) is 2.16. The highest BCUT2D eigenvalue weighted by atomic mass is 15.2. The minimum absolute atomic E-state index is 0.435. The van der Waals surface area contributed by atoms with E-state index in [2.05, 4.69) is 10.3 Å². The number of nitrogens with zero attached hydrogens (tertiary/aromatic N) is 1. The molecule has 11 heavy (non-hydrogen) atoms. The van der Waals surface area contributed by atoms with Gasteiger partial charge in [-0.2, -0.15) is 0 Å². The molecule has 56 valence electrons. The average molecular weight is 147 g/mol. The van der Waals surface area contributed by atoms with Gasteiger partial charge in [-0.15, -0.1) is 0 Å². The molecule has 0 aliphatic rings. The van der Waals surface area contributed by atoms with Gasteiger partial charge in [0.05, 0.1) is 0 Å². The maximum Gasteiger partial charge on any atom is 0.239 e. The monoisotopic (exact) mass is 147 g/mol. The number of anilines is 1. The van der Waals surface area contributed by atoms with Crippen LogP contribution in [-0.2, 0) is 6.54 Å². The van der Waals surface area contributed by atoms with Gasteiger partial charge in [-0.3, -0.25) is 5.84 Å². The Labute approximate surface area is 65.6 Å². The van der Waals surface area contributed by atoms with E-state index in [9.17, 15) is 0 Å². The van der Waals surface area contributed by atoms with E-state index in [1.807, 2.05) is 24.3 Å². The zero-order chi connectivity index (χ0) is 8.10. The lowest BCUT2D eigenvalue weighted by atomic mass is 10.2. The summed E-state index contributed by atoms with van der Waals surface area (Å²) in [5, 5.41) is 0. The van der Waals surface area contributed by atoms with E-state index >= 15 is 0 Å². The van der Waals surface area contributed by atoms with Crippen molar-refractivity contribution in [2.75, 3.05) is 5.43 Å². The summed E-state index contributed by atoms with van der Waals surface area (Å²) in [7, 11) is 0.